The summed E-state index contributed by atoms with van der Waals surface area (Å²) in [6.45, 7) is 4.98. The van der Waals surface area contributed by atoms with Crippen LogP contribution < -0.4 is 10.6 Å². The molecule has 0 fully saturated rings. The first-order valence-electron chi connectivity index (χ1n) is 6.36. The van der Waals surface area contributed by atoms with Gasteiger partial charge in [0.2, 0.25) is 5.91 Å². The Morgan fingerprint density at radius 2 is 2.22 bits per heavy atom. The van der Waals surface area contributed by atoms with Crippen LogP contribution in [0, 0.1) is 5.82 Å². The van der Waals surface area contributed by atoms with Gasteiger partial charge in [-0.1, -0.05) is 19.1 Å². The van der Waals surface area contributed by atoms with Gasteiger partial charge in [0.25, 0.3) is 0 Å². The summed E-state index contributed by atoms with van der Waals surface area (Å²) >= 11 is 0. The fourth-order valence-electron chi connectivity index (χ4n) is 1.56. The van der Waals surface area contributed by atoms with Crippen LogP contribution in [0.2, 0.25) is 0 Å². The SMILES string of the molecule is CCC(C)NC(=O)CNCCc1cccc(F)c1. The molecule has 0 aliphatic rings. The second-order valence-corrected chi connectivity index (χ2v) is 4.43. The number of benzene rings is 1. The fourth-order valence-corrected chi connectivity index (χ4v) is 1.56. The third-order valence-corrected chi connectivity index (χ3v) is 2.78. The number of hydrogen-bond acceptors (Lipinski definition) is 2. The van der Waals surface area contributed by atoms with E-state index in [9.17, 15) is 9.18 Å². The third-order valence-electron chi connectivity index (χ3n) is 2.78. The molecule has 100 valence electrons. The van der Waals surface area contributed by atoms with E-state index in [0.29, 0.717) is 19.5 Å². The molecule has 1 rings (SSSR count). The molecule has 0 bridgehead atoms. The first kappa shape index (κ1) is 14.6. The van der Waals surface area contributed by atoms with Gasteiger partial charge in [-0.05, 0) is 44.0 Å². The molecule has 0 radical (unpaired) electrons. The summed E-state index contributed by atoms with van der Waals surface area (Å²) in [7, 11) is 0. The molecule has 1 aromatic carbocycles. The van der Waals surface area contributed by atoms with Gasteiger partial charge >= 0.3 is 0 Å². The molecule has 0 spiro atoms. The molecule has 0 saturated heterocycles. The fraction of sp³-hybridized carbons (Fsp3) is 0.500. The minimum Gasteiger partial charge on any atom is -0.353 e. The van der Waals surface area contributed by atoms with Gasteiger partial charge in [-0.2, -0.15) is 0 Å². The molecule has 18 heavy (non-hydrogen) atoms. The van der Waals surface area contributed by atoms with Crippen LogP contribution in [0.4, 0.5) is 4.39 Å². The van der Waals surface area contributed by atoms with Crippen LogP contribution in [0.3, 0.4) is 0 Å². The van der Waals surface area contributed by atoms with Gasteiger partial charge in [-0.3, -0.25) is 4.79 Å². The van der Waals surface area contributed by atoms with Gasteiger partial charge in [0.1, 0.15) is 5.82 Å². The van der Waals surface area contributed by atoms with Crippen molar-refractivity contribution in [3.05, 3.63) is 35.6 Å². The van der Waals surface area contributed by atoms with E-state index >= 15 is 0 Å². The van der Waals surface area contributed by atoms with Crippen molar-refractivity contribution < 1.29 is 9.18 Å². The average Bonchev–Trinajstić information content (AvgIpc) is 2.34. The zero-order valence-electron chi connectivity index (χ0n) is 11.0. The first-order valence-corrected chi connectivity index (χ1v) is 6.36. The third kappa shape index (κ3) is 5.77. The van der Waals surface area contributed by atoms with Gasteiger partial charge < -0.3 is 10.6 Å². The van der Waals surface area contributed by atoms with Crippen LogP contribution in [0.25, 0.3) is 0 Å². The minimum atomic E-state index is -0.220. The van der Waals surface area contributed by atoms with Gasteiger partial charge in [-0.15, -0.1) is 0 Å². The molecule has 2 N–H and O–H groups in total. The normalized spacial score (nSPS) is 12.2. The second kappa shape index (κ2) is 7.82. The lowest BCUT2D eigenvalue weighted by Gasteiger charge is -2.11. The Bertz CT molecular complexity index is 382. The van der Waals surface area contributed by atoms with Crippen molar-refractivity contribution in [2.75, 3.05) is 13.1 Å². The molecule has 4 heteroatoms. The molecule has 0 aromatic heterocycles. The number of hydrogen-bond donors (Lipinski definition) is 2. The molecule has 0 aliphatic carbocycles. The molecule has 0 saturated carbocycles. The summed E-state index contributed by atoms with van der Waals surface area (Å²) in [5.41, 5.74) is 0.935. The van der Waals surface area contributed by atoms with E-state index in [0.717, 1.165) is 12.0 Å². The number of amides is 1. The summed E-state index contributed by atoms with van der Waals surface area (Å²) < 4.78 is 12.9. The highest BCUT2D eigenvalue weighted by atomic mass is 19.1. The van der Waals surface area contributed by atoms with Crippen LogP contribution in [0.5, 0.6) is 0 Å². The zero-order chi connectivity index (χ0) is 13.4. The van der Waals surface area contributed by atoms with E-state index in [4.69, 9.17) is 0 Å². The summed E-state index contributed by atoms with van der Waals surface area (Å²) in [5.74, 6) is -0.217. The maximum absolute atomic E-state index is 12.9. The van der Waals surface area contributed by atoms with E-state index in [1.165, 1.54) is 12.1 Å². The van der Waals surface area contributed by atoms with Gasteiger partial charge in [0.15, 0.2) is 0 Å². The number of halogens is 1. The second-order valence-electron chi connectivity index (χ2n) is 4.43. The van der Waals surface area contributed by atoms with Crippen LogP contribution in [-0.4, -0.2) is 25.0 Å². The predicted octanol–water partition coefficient (Wildman–Crippen LogP) is 1.87. The molecule has 1 aromatic rings. The van der Waals surface area contributed by atoms with E-state index in [2.05, 4.69) is 10.6 Å². The van der Waals surface area contributed by atoms with Crippen molar-refractivity contribution in [1.82, 2.24) is 10.6 Å². The summed E-state index contributed by atoms with van der Waals surface area (Å²) in [5, 5.41) is 5.92. The molecular weight excluding hydrogens is 231 g/mol. The lowest BCUT2D eigenvalue weighted by atomic mass is 10.1. The number of nitrogens with one attached hydrogen (secondary N) is 2. The van der Waals surface area contributed by atoms with E-state index < -0.39 is 0 Å². The highest BCUT2D eigenvalue weighted by Gasteiger charge is 2.04. The van der Waals surface area contributed by atoms with Crippen molar-refractivity contribution in [3.63, 3.8) is 0 Å². The Morgan fingerprint density at radius 1 is 1.44 bits per heavy atom. The topological polar surface area (TPSA) is 41.1 Å². The average molecular weight is 252 g/mol. The maximum Gasteiger partial charge on any atom is 0.234 e. The lowest BCUT2D eigenvalue weighted by Crippen LogP contribution is -2.39. The predicted molar refractivity (Wildman–Crippen MR) is 70.9 cm³/mol. The quantitative estimate of drug-likeness (QED) is 0.727. The van der Waals surface area contributed by atoms with Crippen LogP contribution in [-0.2, 0) is 11.2 Å². The summed E-state index contributed by atoms with van der Waals surface area (Å²) in [4.78, 5) is 11.4. The van der Waals surface area contributed by atoms with Crippen LogP contribution >= 0.6 is 0 Å². The Balaban J connectivity index is 2.17. The number of rotatable bonds is 7. The monoisotopic (exact) mass is 252 g/mol. The standard InChI is InChI=1S/C14H21FN2O/c1-3-11(2)17-14(18)10-16-8-7-12-5-4-6-13(15)9-12/h4-6,9,11,16H,3,7-8,10H2,1-2H3,(H,17,18). The van der Waals surface area contributed by atoms with Gasteiger partial charge in [-0.25, -0.2) is 4.39 Å². The van der Waals surface area contributed by atoms with E-state index in [1.807, 2.05) is 19.9 Å². The lowest BCUT2D eigenvalue weighted by molar-refractivity contribution is -0.120. The maximum atomic E-state index is 12.9. The Labute approximate surface area is 108 Å². The Morgan fingerprint density at radius 3 is 2.89 bits per heavy atom. The molecule has 0 heterocycles. The molecule has 1 unspecified atom stereocenters. The van der Waals surface area contributed by atoms with Crippen molar-refractivity contribution in [3.8, 4) is 0 Å². The van der Waals surface area contributed by atoms with Crippen LogP contribution in [0.15, 0.2) is 24.3 Å². The molecule has 0 aliphatic heterocycles. The molecule has 1 atom stereocenters. The van der Waals surface area contributed by atoms with Gasteiger partial charge in [0, 0.05) is 6.04 Å². The minimum absolute atomic E-state index is 0.00333. The highest BCUT2D eigenvalue weighted by Crippen LogP contribution is 2.03. The Hall–Kier alpha value is -1.42. The summed E-state index contributed by atoms with van der Waals surface area (Å²) in [6.07, 6.45) is 1.64. The Kier molecular flexibility index (Phi) is 6.36. The first-order chi connectivity index (χ1) is 8.61. The van der Waals surface area contributed by atoms with E-state index in [1.54, 1.807) is 6.07 Å². The summed E-state index contributed by atoms with van der Waals surface area (Å²) in [6, 6.07) is 6.73. The molecule has 3 nitrogen and oxygen atoms in total. The van der Waals surface area contributed by atoms with Crippen molar-refractivity contribution in [1.29, 1.82) is 0 Å². The number of carbonyl (C=O) groups excluding carboxylic acids is 1. The largest absolute Gasteiger partial charge is 0.353 e. The smallest absolute Gasteiger partial charge is 0.234 e. The van der Waals surface area contributed by atoms with Crippen molar-refractivity contribution in [2.24, 2.45) is 0 Å². The highest BCUT2D eigenvalue weighted by molar-refractivity contribution is 5.78. The number of carbonyl (C=O) groups is 1. The van der Waals surface area contributed by atoms with Crippen LogP contribution in [0.1, 0.15) is 25.8 Å². The van der Waals surface area contributed by atoms with Crippen molar-refractivity contribution in [2.45, 2.75) is 32.7 Å². The van der Waals surface area contributed by atoms with E-state index in [-0.39, 0.29) is 17.8 Å². The molecular formula is C14H21FN2O. The van der Waals surface area contributed by atoms with Crippen molar-refractivity contribution >= 4 is 5.91 Å². The molecule has 1 amide bonds. The zero-order valence-corrected chi connectivity index (χ0v) is 11.0. The van der Waals surface area contributed by atoms with Gasteiger partial charge in [0.05, 0.1) is 6.54 Å².